The highest BCUT2D eigenvalue weighted by atomic mass is 19.1. The Bertz CT molecular complexity index is 855. The van der Waals surface area contributed by atoms with Crippen LogP contribution in [0, 0.1) is 11.7 Å². The molecule has 25 heavy (non-hydrogen) atoms. The molecule has 0 saturated carbocycles. The summed E-state index contributed by atoms with van der Waals surface area (Å²) in [7, 11) is 0. The van der Waals surface area contributed by atoms with Gasteiger partial charge in [0.2, 0.25) is 5.88 Å². The fraction of sp³-hybridized carbons (Fsp3) is 0.368. The number of hydrogen-bond donors (Lipinski definition) is 1. The van der Waals surface area contributed by atoms with Gasteiger partial charge in [-0.25, -0.2) is 13.9 Å². The number of piperidine rings is 1. The van der Waals surface area contributed by atoms with E-state index >= 15 is 0 Å². The summed E-state index contributed by atoms with van der Waals surface area (Å²) in [6.45, 7) is 4.16. The average Bonchev–Trinajstić information content (AvgIpc) is 3.06. The summed E-state index contributed by atoms with van der Waals surface area (Å²) >= 11 is 0. The zero-order valence-electron chi connectivity index (χ0n) is 14.2. The number of fused-ring (bicyclic) bond motifs is 1. The van der Waals surface area contributed by atoms with Gasteiger partial charge in [-0.1, -0.05) is 0 Å². The van der Waals surface area contributed by atoms with Gasteiger partial charge in [-0.15, -0.1) is 5.10 Å². The number of imidazole rings is 1. The zero-order valence-corrected chi connectivity index (χ0v) is 14.2. The van der Waals surface area contributed by atoms with Crippen LogP contribution in [0.15, 0.2) is 42.6 Å². The lowest BCUT2D eigenvalue weighted by atomic mass is 9.95. The van der Waals surface area contributed by atoms with E-state index < -0.39 is 0 Å². The summed E-state index contributed by atoms with van der Waals surface area (Å²) in [4.78, 5) is 4.37. The van der Waals surface area contributed by atoms with Crippen LogP contribution in [0.5, 0.6) is 5.88 Å². The van der Waals surface area contributed by atoms with Crippen molar-refractivity contribution < 1.29 is 9.13 Å². The van der Waals surface area contributed by atoms with Crippen LogP contribution in [-0.4, -0.2) is 33.8 Å². The SMILES string of the molecule is CC(Oc1ccc2ncc(-c3ccc(F)cc3)n2n1)C1CCCNC1. The van der Waals surface area contributed by atoms with E-state index in [2.05, 4.69) is 22.3 Å². The minimum Gasteiger partial charge on any atom is -0.473 e. The molecule has 0 amide bonds. The molecule has 3 aromatic rings. The largest absolute Gasteiger partial charge is 0.473 e. The fourth-order valence-corrected chi connectivity index (χ4v) is 3.30. The molecule has 0 spiro atoms. The highest BCUT2D eigenvalue weighted by Gasteiger charge is 2.22. The summed E-state index contributed by atoms with van der Waals surface area (Å²) < 4.78 is 21.0. The lowest BCUT2D eigenvalue weighted by Crippen LogP contribution is -2.38. The first-order chi connectivity index (χ1) is 12.2. The fourth-order valence-electron chi connectivity index (χ4n) is 3.30. The Balaban J connectivity index is 1.60. The van der Waals surface area contributed by atoms with Crippen molar-refractivity contribution in [3.05, 3.63) is 48.4 Å². The van der Waals surface area contributed by atoms with Crippen molar-refractivity contribution in [3.8, 4) is 17.1 Å². The van der Waals surface area contributed by atoms with Crippen LogP contribution >= 0.6 is 0 Å². The van der Waals surface area contributed by atoms with Crippen LogP contribution in [0.2, 0.25) is 0 Å². The van der Waals surface area contributed by atoms with Gasteiger partial charge in [0.1, 0.15) is 11.9 Å². The number of ether oxygens (including phenoxy) is 1. The van der Waals surface area contributed by atoms with Gasteiger partial charge in [0.25, 0.3) is 0 Å². The summed E-state index contributed by atoms with van der Waals surface area (Å²) in [5.41, 5.74) is 2.41. The van der Waals surface area contributed by atoms with Gasteiger partial charge < -0.3 is 10.1 Å². The number of halogens is 1. The quantitative estimate of drug-likeness (QED) is 0.792. The molecule has 5 nitrogen and oxygen atoms in total. The van der Waals surface area contributed by atoms with Crippen molar-refractivity contribution in [2.75, 3.05) is 13.1 Å². The molecule has 3 heterocycles. The van der Waals surface area contributed by atoms with E-state index in [1.807, 2.05) is 12.1 Å². The van der Waals surface area contributed by atoms with Crippen LogP contribution in [0.4, 0.5) is 4.39 Å². The van der Waals surface area contributed by atoms with E-state index in [-0.39, 0.29) is 11.9 Å². The number of hydrogen-bond acceptors (Lipinski definition) is 4. The van der Waals surface area contributed by atoms with Crippen LogP contribution in [-0.2, 0) is 0 Å². The minimum absolute atomic E-state index is 0.0931. The van der Waals surface area contributed by atoms with Crippen molar-refractivity contribution in [2.24, 2.45) is 5.92 Å². The van der Waals surface area contributed by atoms with E-state index in [1.165, 1.54) is 25.0 Å². The second-order valence-corrected chi connectivity index (χ2v) is 6.52. The molecule has 0 bridgehead atoms. The van der Waals surface area contributed by atoms with Gasteiger partial charge in [0, 0.05) is 24.1 Å². The maximum absolute atomic E-state index is 13.2. The molecular weight excluding hydrogens is 319 g/mol. The van der Waals surface area contributed by atoms with Gasteiger partial charge in [-0.2, -0.15) is 0 Å². The Morgan fingerprint density at radius 3 is 2.84 bits per heavy atom. The molecule has 1 saturated heterocycles. The molecule has 1 aliphatic heterocycles. The number of aromatic nitrogens is 3. The molecule has 1 fully saturated rings. The van der Waals surface area contributed by atoms with Crippen LogP contribution in [0.3, 0.4) is 0 Å². The molecular formula is C19H21FN4O. The normalized spacial score (nSPS) is 19.0. The third kappa shape index (κ3) is 3.35. The van der Waals surface area contributed by atoms with Gasteiger partial charge in [0.05, 0.1) is 11.9 Å². The third-order valence-electron chi connectivity index (χ3n) is 4.78. The number of rotatable bonds is 4. The van der Waals surface area contributed by atoms with E-state index in [0.29, 0.717) is 11.8 Å². The maximum atomic E-state index is 13.2. The minimum atomic E-state index is -0.260. The molecule has 2 atom stereocenters. The molecule has 0 radical (unpaired) electrons. The standard InChI is InChI=1S/C19H21FN4O/c1-13(15-3-2-10-21-11-15)25-19-9-8-18-22-12-17(24(18)23-19)14-4-6-16(20)7-5-14/h4-9,12-13,15,21H,2-3,10-11H2,1H3. The Morgan fingerprint density at radius 1 is 1.24 bits per heavy atom. The van der Waals surface area contributed by atoms with Crippen molar-refractivity contribution in [3.63, 3.8) is 0 Å². The number of nitrogens with one attached hydrogen (secondary N) is 1. The van der Waals surface area contributed by atoms with Crippen LogP contribution in [0.25, 0.3) is 16.9 Å². The van der Waals surface area contributed by atoms with Gasteiger partial charge in [-0.3, -0.25) is 0 Å². The van der Waals surface area contributed by atoms with E-state index in [0.717, 1.165) is 30.0 Å². The van der Waals surface area contributed by atoms with Gasteiger partial charge in [-0.05, 0) is 56.6 Å². The van der Waals surface area contributed by atoms with Crippen LogP contribution in [0.1, 0.15) is 19.8 Å². The predicted molar refractivity (Wildman–Crippen MR) is 94.1 cm³/mol. The van der Waals surface area contributed by atoms with Crippen LogP contribution < -0.4 is 10.1 Å². The smallest absolute Gasteiger partial charge is 0.232 e. The second-order valence-electron chi connectivity index (χ2n) is 6.52. The van der Waals surface area contributed by atoms with Gasteiger partial charge >= 0.3 is 0 Å². The maximum Gasteiger partial charge on any atom is 0.232 e. The van der Waals surface area contributed by atoms with E-state index in [1.54, 1.807) is 22.8 Å². The van der Waals surface area contributed by atoms with Crippen molar-refractivity contribution in [1.82, 2.24) is 19.9 Å². The molecule has 1 aromatic carbocycles. The molecule has 2 unspecified atom stereocenters. The first kappa shape index (κ1) is 16.0. The molecule has 6 heteroatoms. The van der Waals surface area contributed by atoms with E-state index in [9.17, 15) is 4.39 Å². The average molecular weight is 340 g/mol. The number of nitrogens with zero attached hydrogens (tertiary/aromatic N) is 3. The lowest BCUT2D eigenvalue weighted by molar-refractivity contribution is 0.124. The summed E-state index contributed by atoms with van der Waals surface area (Å²) in [5.74, 6) is 0.807. The Hall–Kier alpha value is -2.47. The molecule has 1 aliphatic rings. The molecule has 2 aromatic heterocycles. The first-order valence-corrected chi connectivity index (χ1v) is 8.69. The van der Waals surface area contributed by atoms with Gasteiger partial charge in [0.15, 0.2) is 5.65 Å². The van der Waals surface area contributed by atoms with Crippen molar-refractivity contribution >= 4 is 5.65 Å². The lowest BCUT2D eigenvalue weighted by Gasteiger charge is -2.28. The monoisotopic (exact) mass is 340 g/mol. The topological polar surface area (TPSA) is 51.5 Å². The van der Waals surface area contributed by atoms with Crippen molar-refractivity contribution in [2.45, 2.75) is 25.9 Å². The van der Waals surface area contributed by atoms with E-state index in [4.69, 9.17) is 4.74 Å². The Labute approximate surface area is 145 Å². The predicted octanol–water partition coefficient (Wildman–Crippen LogP) is 3.30. The summed E-state index contributed by atoms with van der Waals surface area (Å²) in [6, 6.07) is 10.1. The second kappa shape index (κ2) is 6.80. The first-order valence-electron chi connectivity index (χ1n) is 8.69. The Kier molecular flexibility index (Phi) is 4.36. The highest BCUT2D eigenvalue weighted by Crippen LogP contribution is 2.23. The highest BCUT2D eigenvalue weighted by molar-refractivity contribution is 5.62. The molecule has 130 valence electrons. The molecule has 1 N–H and O–H groups in total. The summed E-state index contributed by atoms with van der Waals surface area (Å²) in [6.07, 6.45) is 4.19. The third-order valence-corrected chi connectivity index (χ3v) is 4.78. The summed E-state index contributed by atoms with van der Waals surface area (Å²) in [5, 5.41) is 8.00. The molecule has 4 rings (SSSR count). The zero-order chi connectivity index (χ0) is 17.2. The number of benzene rings is 1. The van der Waals surface area contributed by atoms with Crippen molar-refractivity contribution in [1.29, 1.82) is 0 Å². The molecule has 0 aliphatic carbocycles. The Morgan fingerprint density at radius 2 is 2.08 bits per heavy atom.